The second-order valence-corrected chi connectivity index (χ2v) is 8.26. The predicted molar refractivity (Wildman–Crippen MR) is 106 cm³/mol. The van der Waals surface area contributed by atoms with E-state index >= 15 is 0 Å². The van der Waals surface area contributed by atoms with Crippen LogP contribution < -0.4 is 5.32 Å². The molecule has 140 valence electrons. The molecule has 7 nitrogen and oxygen atoms in total. The maximum atomic E-state index is 12.1. The van der Waals surface area contributed by atoms with Crippen LogP contribution >= 0.6 is 23.4 Å². The van der Waals surface area contributed by atoms with Crippen LogP contribution in [-0.2, 0) is 11.3 Å². The number of amides is 1. The zero-order valence-corrected chi connectivity index (χ0v) is 16.3. The van der Waals surface area contributed by atoms with Gasteiger partial charge < -0.3 is 14.7 Å². The largest absolute Gasteiger partial charge is 0.358 e. The Labute approximate surface area is 165 Å². The quantitative estimate of drug-likeness (QED) is 0.772. The van der Waals surface area contributed by atoms with Crippen LogP contribution in [0.4, 0.5) is 0 Å². The van der Waals surface area contributed by atoms with Crippen molar-refractivity contribution in [1.29, 1.82) is 0 Å². The molecule has 0 spiro atoms. The van der Waals surface area contributed by atoms with Gasteiger partial charge in [0.25, 0.3) is 5.91 Å². The molecular weight excluding hydrogens is 386 g/mol. The van der Waals surface area contributed by atoms with Crippen molar-refractivity contribution in [1.82, 2.24) is 20.4 Å². The summed E-state index contributed by atoms with van der Waals surface area (Å²) in [6, 6.07) is 7.88. The molecule has 4 rings (SSSR count). The highest BCUT2D eigenvalue weighted by atomic mass is 35.5. The molecule has 1 N–H and O–H groups in total. The Morgan fingerprint density at radius 1 is 1.37 bits per heavy atom. The first-order valence-corrected chi connectivity index (χ1v) is 9.90. The highest BCUT2D eigenvalue weighted by molar-refractivity contribution is 8.05. The molecule has 2 aromatic rings. The number of amidine groups is 1. The molecule has 1 unspecified atom stereocenters. The van der Waals surface area contributed by atoms with E-state index in [2.05, 4.69) is 25.3 Å². The van der Waals surface area contributed by atoms with Gasteiger partial charge in [0, 0.05) is 24.7 Å². The molecule has 1 aromatic heterocycles. The van der Waals surface area contributed by atoms with E-state index < -0.39 is 0 Å². The summed E-state index contributed by atoms with van der Waals surface area (Å²) in [6.07, 6.45) is 2.53. The number of halogens is 1. The van der Waals surface area contributed by atoms with Gasteiger partial charge in [-0.2, -0.15) is 4.98 Å². The van der Waals surface area contributed by atoms with E-state index in [0.29, 0.717) is 23.0 Å². The Hall–Kier alpha value is -2.32. The first-order valence-electron chi connectivity index (χ1n) is 8.58. The number of nitrogens with one attached hydrogen (secondary N) is 1. The van der Waals surface area contributed by atoms with Crippen molar-refractivity contribution in [2.45, 2.75) is 17.7 Å². The fourth-order valence-electron chi connectivity index (χ4n) is 2.88. The van der Waals surface area contributed by atoms with Gasteiger partial charge in [0.05, 0.1) is 22.7 Å². The lowest BCUT2D eigenvalue weighted by molar-refractivity contribution is -0.117. The molecule has 0 fully saturated rings. The standard InChI is InChI=1S/C18H18ClN5O2S/c1-24-9-8-20-17(24)12-4-2-11(3-5-12)16-22-15(26-23-16)10-21-18(25)13-6-7-14(19)27-13/h2-6,14H,7-10H2,1H3,(H,21,25). The fraction of sp³-hybridized carbons (Fsp3) is 0.333. The minimum absolute atomic E-state index is 0.0706. The van der Waals surface area contributed by atoms with Gasteiger partial charge in [-0.1, -0.05) is 35.5 Å². The minimum Gasteiger partial charge on any atom is -0.358 e. The van der Waals surface area contributed by atoms with Crippen LogP contribution in [0.1, 0.15) is 17.9 Å². The number of thioether (sulfide) groups is 1. The van der Waals surface area contributed by atoms with E-state index in [9.17, 15) is 4.79 Å². The number of likely N-dealkylation sites (N-methyl/N-ethyl adjacent to an activating group) is 1. The van der Waals surface area contributed by atoms with Crippen molar-refractivity contribution in [3.8, 4) is 11.4 Å². The van der Waals surface area contributed by atoms with Gasteiger partial charge in [0.1, 0.15) is 5.84 Å². The summed E-state index contributed by atoms with van der Waals surface area (Å²) in [6.45, 7) is 1.95. The van der Waals surface area contributed by atoms with E-state index in [1.165, 1.54) is 11.8 Å². The van der Waals surface area contributed by atoms with Gasteiger partial charge in [0.2, 0.25) is 11.7 Å². The summed E-state index contributed by atoms with van der Waals surface area (Å²) in [5, 5.41) is 6.77. The van der Waals surface area contributed by atoms with Gasteiger partial charge in [-0.25, -0.2) is 0 Å². The van der Waals surface area contributed by atoms with Gasteiger partial charge in [-0.3, -0.25) is 9.79 Å². The van der Waals surface area contributed by atoms with Gasteiger partial charge in [-0.15, -0.1) is 23.4 Å². The maximum absolute atomic E-state index is 12.1. The Kier molecular flexibility index (Phi) is 5.18. The molecular formula is C18H18ClN5O2S. The number of carbonyl (C=O) groups excluding carboxylic acids is 1. The minimum atomic E-state index is -0.172. The molecule has 1 aromatic carbocycles. The number of rotatable bonds is 5. The first kappa shape index (κ1) is 18.1. The third-order valence-corrected chi connectivity index (χ3v) is 5.79. The fourth-order valence-corrected chi connectivity index (χ4v) is 4.10. The van der Waals surface area contributed by atoms with E-state index in [1.54, 1.807) is 0 Å². The van der Waals surface area contributed by atoms with Crippen LogP contribution in [0.3, 0.4) is 0 Å². The highest BCUT2D eigenvalue weighted by Crippen LogP contribution is 2.34. The number of carbonyl (C=O) groups is 1. The Morgan fingerprint density at radius 3 is 2.81 bits per heavy atom. The number of allylic oxidation sites excluding steroid dienone is 1. The molecule has 0 bridgehead atoms. The van der Waals surface area contributed by atoms with E-state index in [4.69, 9.17) is 16.1 Å². The molecule has 0 saturated carbocycles. The second-order valence-electron chi connectivity index (χ2n) is 6.23. The molecule has 27 heavy (non-hydrogen) atoms. The summed E-state index contributed by atoms with van der Waals surface area (Å²) >= 11 is 7.34. The molecule has 0 saturated heterocycles. The average Bonchev–Trinajstić information content (AvgIpc) is 3.41. The number of nitrogens with zero attached hydrogens (tertiary/aromatic N) is 4. The monoisotopic (exact) mass is 403 g/mol. The zero-order chi connectivity index (χ0) is 18.8. The van der Waals surface area contributed by atoms with Gasteiger partial charge in [0.15, 0.2) is 0 Å². The molecule has 0 aliphatic carbocycles. The number of aliphatic imine (C=N–C) groups is 1. The lowest BCUT2D eigenvalue weighted by atomic mass is 10.1. The Morgan fingerprint density at radius 2 is 2.15 bits per heavy atom. The van der Waals surface area contributed by atoms with E-state index in [-0.39, 0.29) is 17.2 Å². The molecule has 9 heteroatoms. The maximum Gasteiger partial charge on any atom is 0.257 e. The van der Waals surface area contributed by atoms with Crippen LogP contribution in [0.15, 0.2) is 44.8 Å². The number of benzene rings is 1. The Balaban J connectivity index is 1.38. The summed E-state index contributed by atoms with van der Waals surface area (Å²) in [5.74, 6) is 1.67. The summed E-state index contributed by atoms with van der Waals surface area (Å²) in [5.41, 5.74) is 1.91. The van der Waals surface area contributed by atoms with Crippen molar-refractivity contribution in [3.05, 3.63) is 46.7 Å². The smallest absolute Gasteiger partial charge is 0.257 e. The third kappa shape index (κ3) is 4.01. The second kappa shape index (κ2) is 7.74. The first-order chi connectivity index (χ1) is 13.1. The predicted octanol–water partition coefficient (Wildman–Crippen LogP) is 2.63. The van der Waals surface area contributed by atoms with E-state index in [0.717, 1.165) is 30.1 Å². The summed E-state index contributed by atoms with van der Waals surface area (Å²) in [4.78, 5) is 23.7. The third-order valence-electron chi connectivity index (χ3n) is 4.30. The van der Waals surface area contributed by atoms with Gasteiger partial charge >= 0.3 is 0 Å². The Bertz CT molecular complexity index is 909. The van der Waals surface area contributed by atoms with Crippen LogP contribution in [0, 0.1) is 0 Å². The van der Waals surface area contributed by atoms with Crippen molar-refractivity contribution in [3.63, 3.8) is 0 Å². The van der Waals surface area contributed by atoms with Crippen molar-refractivity contribution in [2.24, 2.45) is 4.99 Å². The molecule has 1 amide bonds. The van der Waals surface area contributed by atoms with Crippen LogP contribution in [0.2, 0.25) is 0 Å². The zero-order valence-electron chi connectivity index (χ0n) is 14.7. The highest BCUT2D eigenvalue weighted by Gasteiger charge is 2.21. The number of aromatic nitrogens is 2. The lowest BCUT2D eigenvalue weighted by Crippen LogP contribution is -2.23. The molecule has 3 heterocycles. The van der Waals surface area contributed by atoms with E-state index in [1.807, 2.05) is 37.4 Å². The molecule has 2 aliphatic heterocycles. The molecule has 0 radical (unpaired) electrons. The van der Waals surface area contributed by atoms with Gasteiger partial charge in [-0.05, 0) is 6.42 Å². The van der Waals surface area contributed by atoms with Crippen molar-refractivity contribution >= 4 is 35.1 Å². The van der Waals surface area contributed by atoms with Crippen LogP contribution in [0.25, 0.3) is 11.4 Å². The summed E-state index contributed by atoms with van der Waals surface area (Å²) in [7, 11) is 2.03. The number of hydrogen-bond acceptors (Lipinski definition) is 7. The van der Waals surface area contributed by atoms with Crippen molar-refractivity contribution < 1.29 is 9.32 Å². The normalized spacial score (nSPS) is 19.2. The number of hydrogen-bond donors (Lipinski definition) is 1. The SMILES string of the molecule is CN1CCN=C1c1ccc(-c2noc(CNC(=O)C3=CCC(Cl)S3)n2)cc1. The van der Waals surface area contributed by atoms with Crippen LogP contribution in [0.5, 0.6) is 0 Å². The number of alkyl halides is 1. The summed E-state index contributed by atoms with van der Waals surface area (Å²) < 4.78 is 5.17. The average molecular weight is 404 g/mol. The van der Waals surface area contributed by atoms with Crippen LogP contribution in [-0.4, -0.2) is 51.6 Å². The topological polar surface area (TPSA) is 83.6 Å². The van der Waals surface area contributed by atoms with Crippen molar-refractivity contribution in [2.75, 3.05) is 20.1 Å². The molecule has 1 atom stereocenters. The lowest BCUT2D eigenvalue weighted by Gasteiger charge is -2.13. The molecule has 2 aliphatic rings.